The molecule has 0 bridgehead atoms. The Labute approximate surface area is 143 Å². The van der Waals surface area contributed by atoms with E-state index in [-0.39, 0.29) is 5.91 Å². The Balaban J connectivity index is 2.00. The Morgan fingerprint density at radius 2 is 1.50 bits per heavy atom. The normalized spacial score (nSPS) is 10.0. The number of amides is 1. The molecule has 0 heterocycles. The number of hydrogen-bond acceptors (Lipinski definition) is 2. The number of benzene rings is 2. The van der Waals surface area contributed by atoms with Gasteiger partial charge in [-0.05, 0) is 55.5 Å². The van der Waals surface area contributed by atoms with Gasteiger partial charge in [0, 0.05) is 18.2 Å². The third kappa shape index (κ3) is 4.84. The maximum atomic E-state index is 12.3. The second-order valence-electron chi connectivity index (χ2n) is 5.59. The topological polar surface area (TPSA) is 53.4 Å². The first-order valence-corrected chi connectivity index (χ1v) is 7.91. The lowest BCUT2D eigenvalue weighted by Crippen LogP contribution is -2.18. The minimum atomic E-state index is -0.144. The molecule has 2 aromatic rings. The second-order valence-corrected chi connectivity index (χ2v) is 5.59. The smallest absolute Gasteiger partial charge is 0.255 e. The summed E-state index contributed by atoms with van der Waals surface area (Å²) < 4.78 is 7.38. The van der Waals surface area contributed by atoms with E-state index >= 15 is 0 Å². The van der Waals surface area contributed by atoms with Crippen molar-refractivity contribution < 1.29 is 14.1 Å². The zero-order valence-electron chi connectivity index (χ0n) is 14.6. The van der Waals surface area contributed by atoms with Crippen LogP contribution in [0.3, 0.4) is 0 Å². The SMILES string of the molecule is CCOc1ccc(C(=O)Nc2ccc(NC(C)=[N+](C)C)cc2)cc1. The number of nitrogens with zero attached hydrogens (tertiary/aromatic N) is 1. The quantitative estimate of drug-likeness (QED) is 0.503. The number of nitrogens with one attached hydrogen (secondary N) is 2. The molecule has 0 aliphatic carbocycles. The van der Waals surface area contributed by atoms with Crippen molar-refractivity contribution in [2.45, 2.75) is 13.8 Å². The monoisotopic (exact) mass is 326 g/mol. The fourth-order valence-electron chi connectivity index (χ4n) is 2.03. The summed E-state index contributed by atoms with van der Waals surface area (Å²) in [4.78, 5) is 12.3. The molecule has 0 aliphatic rings. The number of carbonyl (C=O) groups excluding carboxylic acids is 1. The summed E-state index contributed by atoms with van der Waals surface area (Å²) >= 11 is 0. The van der Waals surface area contributed by atoms with Gasteiger partial charge in [-0.3, -0.25) is 9.37 Å². The van der Waals surface area contributed by atoms with Gasteiger partial charge in [0.1, 0.15) is 11.4 Å². The molecular formula is C19H24N3O2+. The molecule has 126 valence electrons. The molecule has 5 nitrogen and oxygen atoms in total. The maximum absolute atomic E-state index is 12.3. The van der Waals surface area contributed by atoms with E-state index in [0.717, 1.165) is 23.0 Å². The van der Waals surface area contributed by atoms with E-state index in [1.165, 1.54) is 0 Å². The highest BCUT2D eigenvalue weighted by Gasteiger charge is 2.07. The Hall–Kier alpha value is -2.82. The molecule has 5 heteroatoms. The van der Waals surface area contributed by atoms with Crippen molar-refractivity contribution in [1.29, 1.82) is 0 Å². The van der Waals surface area contributed by atoms with Crippen LogP contribution in [0.25, 0.3) is 0 Å². The van der Waals surface area contributed by atoms with Crippen molar-refractivity contribution in [1.82, 2.24) is 0 Å². The molecule has 0 aromatic heterocycles. The molecule has 24 heavy (non-hydrogen) atoms. The van der Waals surface area contributed by atoms with Gasteiger partial charge in [0.2, 0.25) is 5.84 Å². The largest absolute Gasteiger partial charge is 0.494 e. The fraction of sp³-hybridized carbons (Fsp3) is 0.263. The van der Waals surface area contributed by atoms with Crippen LogP contribution in [-0.4, -0.2) is 37.0 Å². The minimum Gasteiger partial charge on any atom is -0.494 e. The van der Waals surface area contributed by atoms with Gasteiger partial charge >= 0.3 is 0 Å². The van der Waals surface area contributed by atoms with E-state index < -0.39 is 0 Å². The average molecular weight is 326 g/mol. The lowest BCUT2D eigenvalue weighted by Gasteiger charge is -2.07. The zero-order valence-corrected chi connectivity index (χ0v) is 14.6. The molecule has 0 atom stereocenters. The Kier molecular flexibility index (Phi) is 5.95. The predicted molar refractivity (Wildman–Crippen MR) is 98.4 cm³/mol. The molecule has 0 fully saturated rings. The van der Waals surface area contributed by atoms with Gasteiger partial charge in [0.05, 0.1) is 20.7 Å². The first-order valence-electron chi connectivity index (χ1n) is 7.91. The van der Waals surface area contributed by atoms with Gasteiger partial charge in [-0.1, -0.05) is 0 Å². The molecule has 1 amide bonds. The van der Waals surface area contributed by atoms with E-state index in [4.69, 9.17) is 4.74 Å². The zero-order chi connectivity index (χ0) is 17.5. The molecule has 0 spiro atoms. The van der Waals surface area contributed by atoms with Crippen LogP contribution in [0.5, 0.6) is 5.75 Å². The molecular weight excluding hydrogens is 302 g/mol. The molecule has 2 rings (SSSR count). The van der Waals surface area contributed by atoms with Crippen molar-refractivity contribution >= 4 is 23.1 Å². The number of hydrogen-bond donors (Lipinski definition) is 2. The Bertz CT molecular complexity index is 715. The van der Waals surface area contributed by atoms with Gasteiger partial charge in [0.15, 0.2) is 0 Å². The summed E-state index contributed by atoms with van der Waals surface area (Å²) in [6.07, 6.45) is 0. The van der Waals surface area contributed by atoms with Crippen LogP contribution in [0.4, 0.5) is 11.4 Å². The molecule has 2 N–H and O–H groups in total. The second kappa shape index (κ2) is 8.15. The van der Waals surface area contributed by atoms with Crippen molar-refractivity contribution in [2.24, 2.45) is 0 Å². The number of ether oxygens (including phenoxy) is 1. The summed E-state index contributed by atoms with van der Waals surface area (Å²) in [5, 5.41) is 6.18. The molecule has 0 radical (unpaired) electrons. The fourth-order valence-corrected chi connectivity index (χ4v) is 2.03. The van der Waals surface area contributed by atoms with E-state index in [9.17, 15) is 4.79 Å². The Morgan fingerprint density at radius 1 is 0.958 bits per heavy atom. The number of rotatable bonds is 5. The van der Waals surface area contributed by atoms with Crippen LogP contribution in [-0.2, 0) is 0 Å². The van der Waals surface area contributed by atoms with Crippen LogP contribution in [0.15, 0.2) is 48.5 Å². The first-order chi connectivity index (χ1) is 11.5. The standard InChI is InChI=1S/C19H23N3O2/c1-5-24-18-12-6-15(7-13-18)19(23)21-17-10-8-16(9-11-17)20-14(2)22(3)4/h6-13H,5H2,1-4H3,(H,21,23)/p+1. The highest BCUT2D eigenvalue weighted by atomic mass is 16.5. The van der Waals surface area contributed by atoms with Crippen LogP contribution >= 0.6 is 0 Å². The van der Waals surface area contributed by atoms with Gasteiger partial charge in [-0.25, -0.2) is 5.32 Å². The lowest BCUT2D eigenvalue weighted by molar-refractivity contribution is -0.464. The third-order valence-electron chi connectivity index (χ3n) is 3.57. The number of carbonyl (C=O) groups is 1. The van der Waals surface area contributed by atoms with Crippen molar-refractivity contribution in [3.05, 3.63) is 54.1 Å². The minimum absolute atomic E-state index is 0.144. The highest BCUT2D eigenvalue weighted by Crippen LogP contribution is 2.16. The van der Waals surface area contributed by atoms with E-state index in [0.29, 0.717) is 12.2 Å². The molecule has 2 aromatic carbocycles. The van der Waals surface area contributed by atoms with Crippen LogP contribution < -0.4 is 15.4 Å². The lowest BCUT2D eigenvalue weighted by atomic mass is 10.2. The maximum Gasteiger partial charge on any atom is 0.255 e. The summed E-state index contributed by atoms with van der Waals surface area (Å²) in [5.74, 6) is 1.66. The van der Waals surface area contributed by atoms with Crippen molar-refractivity contribution in [3.8, 4) is 5.75 Å². The molecule has 0 aliphatic heterocycles. The van der Waals surface area contributed by atoms with Crippen LogP contribution in [0, 0.1) is 0 Å². The van der Waals surface area contributed by atoms with E-state index in [2.05, 4.69) is 10.6 Å². The Morgan fingerprint density at radius 3 is 2.00 bits per heavy atom. The first kappa shape index (κ1) is 17.5. The summed E-state index contributed by atoms with van der Waals surface area (Å²) in [5.41, 5.74) is 2.32. The van der Waals surface area contributed by atoms with E-state index in [1.54, 1.807) is 24.3 Å². The highest BCUT2D eigenvalue weighted by molar-refractivity contribution is 6.04. The molecule has 0 saturated heterocycles. The van der Waals surface area contributed by atoms with Gasteiger partial charge in [-0.15, -0.1) is 0 Å². The van der Waals surface area contributed by atoms with Crippen molar-refractivity contribution in [3.63, 3.8) is 0 Å². The van der Waals surface area contributed by atoms with Crippen LogP contribution in [0.1, 0.15) is 24.2 Å². The van der Waals surface area contributed by atoms with Gasteiger partial charge < -0.3 is 10.1 Å². The van der Waals surface area contributed by atoms with E-state index in [1.807, 2.05) is 56.8 Å². The molecule has 0 unspecified atom stereocenters. The summed E-state index contributed by atoms with van der Waals surface area (Å²) in [6.45, 7) is 4.54. The van der Waals surface area contributed by atoms with Gasteiger partial charge in [-0.2, -0.15) is 0 Å². The average Bonchev–Trinajstić information content (AvgIpc) is 2.57. The van der Waals surface area contributed by atoms with Crippen LogP contribution in [0.2, 0.25) is 0 Å². The number of amidine groups is 1. The number of anilines is 2. The summed E-state index contributed by atoms with van der Waals surface area (Å²) in [7, 11) is 3.96. The summed E-state index contributed by atoms with van der Waals surface area (Å²) in [6, 6.07) is 14.7. The predicted octanol–water partition coefficient (Wildman–Crippen LogP) is 3.44. The van der Waals surface area contributed by atoms with Crippen molar-refractivity contribution in [2.75, 3.05) is 31.3 Å². The molecule has 0 saturated carbocycles. The third-order valence-corrected chi connectivity index (χ3v) is 3.57. The van der Waals surface area contributed by atoms with Gasteiger partial charge in [0.25, 0.3) is 5.91 Å².